The lowest BCUT2D eigenvalue weighted by atomic mass is 9.96. The Morgan fingerprint density at radius 2 is 1.62 bits per heavy atom. The maximum atomic E-state index is 12.3. The van der Waals surface area contributed by atoms with Crippen molar-refractivity contribution in [3.63, 3.8) is 0 Å². The Morgan fingerprint density at radius 3 is 2.25 bits per heavy atom. The molecule has 1 N–H and O–H groups in total. The van der Waals surface area contributed by atoms with E-state index < -0.39 is 0 Å². The Bertz CT molecular complexity index is 735. The first-order valence-electron chi connectivity index (χ1n) is 8.09. The van der Waals surface area contributed by atoms with E-state index in [1.165, 1.54) is 16.7 Å². The first-order chi connectivity index (χ1) is 11.3. The number of carbonyl (C=O) groups is 1. The van der Waals surface area contributed by atoms with E-state index in [1.807, 2.05) is 6.92 Å². The second kappa shape index (κ2) is 8.04. The molecule has 2 rings (SSSR count). The van der Waals surface area contributed by atoms with Gasteiger partial charge < -0.3 is 5.32 Å². The van der Waals surface area contributed by atoms with Crippen LogP contribution in [0.3, 0.4) is 0 Å². The van der Waals surface area contributed by atoms with Crippen LogP contribution in [-0.4, -0.2) is 5.91 Å². The minimum Gasteiger partial charge on any atom is -0.350 e. The Morgan fingerprint density at radius 1 is 1.04 bits per heavy atom. The van der Waals surface area contributed by atoms with Crippen LogP contribution < -0.4 is 5.32 Å². The van der Waals surface area contributed by atoms with Crippen LogP contribution in [0, 0.1) is 20.8 Å². The molecule has 0 radical (unpaired) electrons. The van der Waals surface area contributed by atoms with Crippen LogP contribution in [0.2, 0.25) is 10.0 Å². The van der Waals surface area contributed by atoms with Crippen molar-refractivity contribution in [1.82, 2.24) is 5.32 Å². The highest BCUT2D eigenvalue weighted by Crippen LogP contribution is 2.26. The number of aryl methyl sites for hydroxylation is 3. The molecule has 1 atom stereocenters. The van der Waals surface area contributed by atoms with Crippen molar-refractivity contribution in [1.29, 1.82) is 0 Å². The van der Waals surface area contributed by atoms with Crippen molar-refractivity contribution in [3.8, 4) is 0 Å². The standard InChI is InChI=1S/C20H23Cl2NO/c1-12-10-14(3)17(11-13(12)2)15(4)23-20(24)9-8-16-18(21)6-5-7-19(16)22/h5-7,10-11,15H,8-9H2,1-4H3,(H,23,24). The fourth-order valence-electron chi connectivity index (χ4n) is 2.85. The SMILES string of the molecule is Cc1cc(C)c(C(C)NC(=O)CCc2c(Cl)cccc2Cl)cc1C. The summed E-state index contributed by atoms with van der Waals surface area (Å²) in [4.78, 5) is 12.3. The predicted octanol–water partition coefficient (Wildman–Crippen LogP) is 5.73. The lowest BCUT2D eigenvalue weighted by Gasteiger charge is -2.18. The molecule has 0 saturated carbocycles. The first kappa shape index (κ1) is 18.8. The van der Waals surface area contributed by atoms with Crippen LogP contribution in [-0.2, 0) is 11.2 Å². The second-order valence-corrected chi connectivity index (χ2v) is 7.10. The van der Waals surface area contributed by atoms with Crippen LogP contribution in [0.1, 0.15) is 47.2 Å². The number of carbonyl (C=O) groups excluding carboxylic acids is 1. The van der Waals surface area contributed by atoms with E-state index in [4.69, 9.17) is 23.2 Å². The van der Waals surface area contributed by atoms with Gasteiger partial charge >= 0.3 is 0 Å². The summed E-state index contributed by atoms with van der Waals surface area (Å²) in [7, 11) is 0. The minimum absolute atomic E-state index is 0.00360. The molecular weight excluding hydrogens is 341 g/mol. The fourth-order valence-corrected chi connectivity index (χ4v) is 3.44. The molecule has 2 aromatic carbocycles. The molecule has 1 amide bonds. The van der Waals surface area contributed by atoms with Gasteiger partial charge in [-0.15, -0.1) is 0 Å². The quantitative estimate of drug-likeness (QED) is 0.721. The van der Waals surface area contributed by atoms with Crippen LogP contribution in [0.25, 0.3) is 0 Å². The van der Waals surface area contributed by atoms with Gasteiger partial charge in [-0.1, -0.05) is 41.4 Å². The maximum absolute atomic E-state index is 12.3. The molecule has 0 aromatic heterocycles. The summed E-state index contributed by atoms with van der Waals surface area (Å²) in [6.07, 6.45) is 0.890. The van der Waals surface area contributed by atoms with Crippen molar-refractivity contribution in [3.05, 3.63) is 68.2 Å². The highest BCUT2D eigenvalue weighted by atomic mass is 35.5. The van der Waals surface area contributed by atoms with Gasteiger partial charge in [-0.3, -0.25) is 4.79 Å². The average molecular weight is 364 g/mol. The molecule has 4 heteroatoms. The number of hydrogen-bond donors (Lipinski definition) is 1. The van der Waals surface area contributed by atoms with Crippen molar-refractivity contribution in [2.24, 2.45) is 0 Å². The summed E-state index contributed by atoms with van der Waals surface area (Å²) >= 11 is 12.3. The normalized spacial score (nSPS) is 12.1. The van der Waals surface area contributed by atoms with Gasteiger partial charge in [0.25, 0.3) is 0 Å². The minimum atomic E-state index is -0.0292. The molecule has 0 spiro atoms. The summed E-state index contributed by atoms with van der Waals surface area (Å²) in [5, 5.41) is 4.28. The first-order valence-corrected chi connectivity index (χ1v) is 8.85. The monoisotopic (exact) mass is 363 g/mol. The van der Waals surface area contributed by atoms with Crippen LogP contribution in [0.15, 0.2) is 30.3 Å². The summed E-state index contributed by atoms with van der Waals surface area (Å²) in [6, 6.07) is 9.68. The molecular formula is C20H23Cl2NO. The third-order valence-electron chi connectivity index (χ3n) is 4.39. The summed E-state index contributed by atoms with van der Waals surface area (Å²) < 4.78 is 0. The van der Waals surface area contributed by atoms with Crippen LogP contribution in [0.4, 0.5) is 0 Å². The molecule has 0 bridgehead atoms. The molecule has 2 aromatic rings. The average Bonchev–Trinajstić information content (AvgIpc) is 2.50. The number of halogens is 2. The zero-order valence-corrected chi connectivity index (χ0v) is 16.1. The number of benzene rings is 2. The highest BCUT2D eigenvalue weighted by Gasteiger charge is 2.14. The van der Waals surface area contributed by atoms with Crippen molar-refractivity contribution >= 4 is 29.1 Å². The lowest BCUT2D eigenvalue weighted by molar-refractivity contribution is -0.121. The molecule has 128 valence electrons. The molecule has 1 unspecified atom stereocenters. The molecule has 0 saturated heterocycles. The zero-order valence-electron chi connectivity index (χ0n) is 14.5. The van der Waals surface area contributed by atoms with E-state index in [1.54, 1.807) is 18.2 Å². The molecule has 0 aliphatic rings. The van der Waals surface area contributed by atoms with Gasteiger partial charge in [0, 0.05) is 16.5 Å². The molecule has 0 heterocycles. The highest BCUT2D eigenvalue weighted by molar-refractivity contribution is 6.36. The van der Waals surface area contributed by atoms with Gasteiger partial charge in [0.2, 0.25) is 5.91 Å². The Labute approximate surface area is 154 Å². The van der Waals surface area contributed by atoms with E-state index in [0.717, 1.165) is 11.1 Å². The van der Waals surface area contributed by atoms with E-state index in [-0.39, 0.29) is 11.9 Å². The third kappa shape index (κ3) is 4.52. The van der Waals surface area contributed by atoms with E-state index in [9.17, 15) is 4.79 Å². The fraction of sp³-hybridized carbons (Fsp3) is 0.350. The van der Waals surface area contributed by atoms with Gasteiger partial charge in [-0.25, -0.2) is 0 Å². The topological polar surface area (TPSA) is 29.1 Å². The van der Waals surface area contributed by atoms with Crippen LogP contribution >= 0.6 is 23.2 Å². The Kier molecular flexibility index (Phi) is 6.31. The smallest absolute Gasteiger partial charge is 0.220 e. The molecule has 0 aliphatic heterocycles. The number of nitrogens with one attached hydrogen (secondary N) is 1. The lowest BCUT2D eigenvalue weighted by Crippen LogP contribution is -2.27. The van der Waals surface area contributed by atoms with E-state index >= 15 is 0 Å². The largest absolute Gasteiger partial charge is 0.350 e. The van der Waals surface area contributed by atoms with Crippen molar-refractivity contribution in [2.45, 2.75) is 46.6 Å². The van der Waals surface area contributed by atoms with Gasteiger partial charge in [0.1, 0.15) is 0 Å². The number of amides is 1. The zero-order chi connectivity index (χ0) is 17.9. The third-order valence-corrected chi connectivity index (χ3v) is 5.10. The van der Waals surface area contributed by atoms with Crippen molar-refractivity contribution < 1.29 is 4.79 Å². The number of rotatable bonds is 5. The number of hydrogen-bond acceptors (Lipinski definition) is 1. The molecule has 0 fully saturated rings. The van der Waals surface area contributed by atoms with Gasteiger partial charge in [0.15, 0.2) is 0 Å². The predicted molar refractivity (Wildman–Crippen MR) is 102 cm³/mol. The van der Waals surface area contributed by atoms with Crippen LogP contribution in [0.5, 0.6) is 0 Å². The van der Waals surface area contributed by atoms with E-state index in [2.05, 4.69) is 38.2 Å². The molecule has 2 nitrogen and oxygen atoms in total. The molecule has 0 aliphatic carbocycles. The van der Waals surface area contributed by atoms with Gasteiger partial charge in [-0.05, 0) is 74.1 Å². The van der Waals surface area contributed by atoms with Gasteiger partial charge in [-0.2, -0.15) is 0 Å². The Hall–Kier alpha value is -1.51. The summed E-state index contributed by atoms with van der Waals surface area (Å²) in [5.74, 6) is -0.00360. The van der Waals surface area contributed by atoms with Gasteiger partial charge in [0.05, 0.1) is 6.04 Å². The molecule has 24 heavy (non-hydrogen) atoms. The second-order valence-electron chi connectivity index (χ2n) is 6.28. The van der Waals surface area contributed by atoms with E-state index in [0.29, 0.717) is 22.9 Å². The maximum Gasteiger partial charge on any atom is 0.220 e. The summed E-state index contributed by atoms with van der Waals surface area (Å²) in [6.45, 7) is 8.28. The summed E-state index contributed by atoms with van der Waals surface area (Å²) in [5.41, 5.74) is 5.68. The Balaban J connectivity index is 2.01. The van der Waals surface area contributed by atoms with Crippen molar-refractivity contribution in [2.75, 3.05) is 0 Å².